The monoisotopic (exact) mass is 167 g/mol. The summed E-state index contributed by atoms with van der Waals surface area (Å²) in [5.41, 5.74) is 6.30. The SMILES string of the molecule is N[C@@H](C[13c]1cccc[13cH]1)C(=O)O. The second kappa shape index (κ2) is 3.88. The molecule has 0 aliphatic carbocycles. The van der Waals surface area contributed by atoms with E-state index in [4.69, 9.17) is 10.8 Å². The first-order valence-electron chi connectivity index (χ1n) is 3.72. The number of carboxylic acids is 1. The van der Waals surface area contributed by atoms with E-state index >= 15 is 0 Å². The fourth-order valence-electron chi connectivity index (χ4n) is 0.955. The van der Waals surface area contributed by atoms with Crippen LogP contribution in [0.25, 0.3) is 0 Å². The number of carboxylic acid groups (broad SMARTS) is 1. The van der Waals surface area contributed by atoms with Crippen LogP contribution >= 0.6 is 0 Å². The van der Waals surface area contributed by atoms with Crippen molar-refractivity contribution in [1.29, 1.82) is 0 Å². The largest absolute Gasteiger partial charge is 0.480 e. The van der Waals surface area contributed by atoms with Crippen molar-refractivity contribution in [3.05, 3.63) is 35.9 Å². The smallest absolute Gasteiger partial charge is 0.320 e. The second-order valence-electron chi connectivity index (χ2n) is 2.63. The maximum Gasteiger partial charge on any atom is 0.320 e. The van der Waals surface area contributed by atoms with Gasteiger partial charge in [-0.3, -0.25) is 4.79 Å². The molecular weight excluding hydrogens is 156 g/mol. The molecule has 12 heavy (non-hydrogen) atoms. The molecule has 64 valence electrons. The molecule has 0 unspecified atom stereocenters. The minimum atomic E-state index is -0.959. The summed E-state index contributed by atoms with van der Waals surface area (Å²) in [4.78, 5) is 10.4. The topological polar surface area (TPSA) is 63.3 Å². The van der Waals surface area contributed by atoms with Crippen molar-refractivity contribution in [3.8, 4) is 0 Å². The Bertz CT molecular complexity index is 258. The van der Waals surface area contributed by atoms with E-state index in [2.05, 4.69) is 0 Å². The van der Waals surface area contributed by atoms with Crippen LogP contribution in [0, 0.1) is 0 Å². The van der Waals surface area contributed by atoms with Gasteiger partial charge in [-0.1, -0.05) is 30.3 Å². The maximum absolute atomic E-state index is 10.4. The van der Waals surface area contributed by atoms with E-state index < -0.39 is 12.0 Å². The molecule has 3 nitrogen and oxygen atoms in total. The average Bonchev–Trinajstić information content (AvgIpc) is 2.06. The number of rotatable bonds is 3. The Morgan fingerprint density at radius 2 is 2.00 bits per heavy atom. The lowest BCUT2D eigenvalue weighted by Crippen LogP contribution is -2.32. The summed E-state index contributed by atoms with van der Waals surface area (Å²) in [7, 11) is 0. The third-order valence-corrected chi connectivity index (χ3v) is 1.62. The molecule has 0 saturated carbocycles. The lowest BCUT2D eigenvalue weighted by atomic mass is 10.3. The van der Waals surface area contributed by atoms with E-state index in [1.807, 2.05) is 30.3 Å². The molecule has 0 aromatic heterocycles. The van der Waals surface area contributed by atoms with Gasteiger partial charge in [-0.15, -0.1) is 0 Å². The van der Waals surface area contributed by atoms with E-state index in [-0.39, 0.29) is 0 Å². The highest BCUT2D eigenvalue weighted by Crippen LogP contribution is 2.01. The van der Waals surface area contributed by atoms with Crippen molar-refractivity contribution in [2.75, 3.05) is 0 Å². The summed E-state index contributed by atoms with van der Waals surface area (Å²) < 4.78 is 0. The Balaban J connectivity index is 2.58. The maximum atomic E-state index is 10.4. The number of aliphatic carboxylic acids is 1. The van der Waals surface area contributed by atoms with Crippen LogP contribution in [0.2, 0.25) is 0 Å². The normalized spacial score (nSPS) is 12.4. The third kappa shape index (κ3) is 2.36. The number of carbonyl (C=O) groups is 1. The van der Waals surface area contributed by atoms with Gasteiger partial charge < -0.3 is 10.8 Å². The first kappa shape index (κ1) is 8.74. The number of benzene rings is 1. The summed E-state index contributed by atoms with van der Waals surface area (Å²) in [6.07, 6.45) is 0.385. The first-order chi connectivity index (χ1) is 5.70. The van der Waals surface area contributed by atoms with Crippen LogP contribution in [0.4, 0.5) is 0 Å². The molecule has 0 bridgehead atoms. The molecule has 1 rings (SSSR count). The zero-order valence-electron chi connectivity index (χ0n) is 6.60. The predicted molar refractivity (Wildman–Crippen MR) is 45.8 cm³/mol. The number of hydrogen-bond donors (Lipinski definition) is 2. The highest BCUT2D eigenvalue weighted by Gasteiger charge is 2.10. The van der Waals surface area contributed by atoms with Crippen molar-refractivity contribution < 1.29 is 9.90 Å². The van der Waals surface area contributed by atoms with E-state index in [9.17, 15) is 4.79 Å². The van der Waals surface area contributed by atoms with Gasteiger partial charge in [0, 0.05) is 0 Å². The van der Waals surface area contributed by atoms with Crippen LogP contribution in [0.5, 0.6) is 0 Å². The van der Waals surface area contributed by atoms with Gasteiger partial charge in [-0.2, -0.15) is 0 Å². The number of nitrogens with two attached hydrogens (primary N) is 1. The molecule has 3 N–H and O–H groups in total. The van der Waals surface area contributed by atoms with Crippen LogP contribution < -0.4 is 5.73 Å². The molecule has 0 radical (unpaired) electrons. The Morgan fingerprint density at radius 3 is 2.50 bits per heavy atom. The van der Waals surface area contributed by atoms with Crippen molar-refractivity contribution in [2.45, 2.75) is 12.5 Å². The Hall–Kier alpha value is -1.35. The summed E-state index contributed by atoms with van der Waals surface area (Å²) >= 11 is 0. The van der Waals surface area contributed by atoms with Crippen molar-refractivity contribution in [2.24, 2.45) is 5.73 Å². The van der Waals surface area contributed by atoms with Crippen LogP contribution in [0.3, 0.4) is 0 Å². The molecule has 1 aromatic rings. The van der Waals surface area contributed by atoms with Gasteiger partial charge in [-0.25, -0.2) is 0 Å². The van der Waals surface area contributed by atoms with E-state index in [0.29, 0.717) is 6.42 Å². The van der Waals surface area contributed by atoms with Gasteiger partial charge in [0.2, 0.25) is 0 Å². The van der Waals surface area contributed by atoms with Gasteiger partial charge in [0.25, 0.3) is 0 Å². The summed E-state index contributed by atoms with van der Waals surface area (Å²) in [5.74, 6) is -0.959. The van der Waals surface area contributed by atoms with Gasteiger partial charge in [0.05, 0.1) is 0 Å². The zero-order chi connectivity index (χ0) is 8.97. The molecule has 0 aliphatic heterocycles. The zero-order valence-corrected chi connectivity index (χ0v) is 6.60. The van der Waals surface area contributed by atoms with Crippen LogP contribution in [-0.4, -0.2) is 17.1 Å². The Morgan fingerprint density at radius 1 is 1.42 bits per heavy atom. The molecule has 0 saturated heterocycles. The standard InChI is InChI=1S/C9H11NO2/c10-8(9(11)12)6-7-4-2-1-3-5-7/h1-5,8H,6,10H2,(H,11,12)/t8-/m0/s1/i4+1,7+1. The fraction of sp³-hybridized carbons (Fsp3) is 0.222. The highest BCUT2D eigenvalue weighted by atomic mass is 16.4. The minimum absolute atomic E-state index is 0.385. The van der Waals surface area contributed by atoms with Crippen molar-refractivity contribution in [3.63, 3.8) is 0 Å². The minimum Gasteiger partial charge on any atom is -0.480 e. The molecule has 0 heterocycles. The Labute approximate surface area is 70.8 Å². The van der Waals surface area contributed by atoms with Gasteiger partial charge in [-0.05, 0) is 12.0 Å². The van der Waals surface area contributed by atoms with Gasteiger partial charge in [0.1, 0.15) is 6.04 Å². The second-order valence-corrected chi connectivity index (χ2v) is 2.63. The molecule has 0 amide bonds. The molecule has 0 aliphatic rings. The fourth-order valence-corrected chi connectivity index (χ4v) is 0.955. The van der Waals surface area contributed by atoms with E-state index in [0.717, 1.165) is 5.56 Å². The molecule has 0 fully saturated rings. The predicted octanol–water partition coefficient (Wildman–Crippen LogP) is 0.641. The first-order valence-corrected chi connectivity index (χ1v) is 3.72. The van der Waals surface area contributed by atoms with Gasteiger partial charge in [0.15, 0.2) is 0 Å². The van der Waals surface area contributed by atoms with Crippen LogP contribution in [0.15, 0.2) is 30.3 Å². The summed E-state index contributed by atoms with van der Waals surface area (Å²) in [6.45, 7) is 0. The lowest BCUT2D eigenvalue weighted by molar-refractivity contribution is -0.138. The van der Waals surface area contributed by atoms with Crippen molar-refractivity contribution in [1.82, 2.24) is 0 Å². The molecule has 0 spiro atoms. The molecule has 1 atom stereocenters. The van der Waals surface area contributed by atoms with Crippen LogP contribution in [-0.2, 0) is 11.2 Å². The van der Waals surface area contributed by atoms with E-state index in [1.165, 1.54) is 0 Å². The summed E-state index contributed by atoms with van der Waals surface area (Å²) in [6, 6.07) is 8.54. The van der Waals surface area contributed by atoms with E-state index in [1.54, 1.807) is 0 Å². The molecular formula is C9H11NO2. The highest BCUT2D eigenvalue weighted by molar-refractivity contribution is 5.73. The number of hydrogen-bond acceptors (Lipinski definition) is 2. The van der Waals surface area contributed by atoms with Crippen molar-refractivity contribution >= 4 is 5.97 Å². The molecule has 1 aromatic carbocycles. The van der Waals surface area contributed by atoms with Crippen LogP contribution in [0.1, 0.15) is 5.56 Å². The lowest BCUT2D eigenvalue weighted by Gasteiger charge is -2.04. The third-order valence-electron chi connectivity index (χ3n) is 1.62. The Kier molecular flexibility index (Phi) is 2.82. The quantitative estimate of drug-likeness (QED) is 0.694. The average molecular weight is 167 g/mol. The molecule has 3 heteroatoms. The summed E-state index contributed by atoms with van der Waals surface area (Å²) in [5, 5.41) is 8.52. The van der Waals surface area contributed by atoms with Gasteiger partial charge >= 0.3 is 5.97 Å².